The predicted molar refractivity (Wildman–Crippen MR) is 89.8 cm³/mol. The number of furan rings is 1. The van der Waals surface area contributed by atoms with Crippen molar-refractivity contribution in [2.24, 2.45) is 0 Å². The van der Waals surface area contributed by atoms with Gasteiger partial charge >= 0.3 is 0 Å². The van der Waals surface area contributed by atoms with E-state index in [1.165, 1.54) is 28.5 Å². The molecule has 1 aromatic heterocycles. The van der Waals surface area contributed by atoms with Crippen LogP contribution < -0.4 is 5.32 Å². The maximum absolute atomic E-state index is 12.8. The number of hydrogen-bond donors (Lipinski definition) is 1. The van der Waals surface area contributed by atoms with Crippen molar-refractivity contribution in [3.63, 3.8) is 0 Å². The van der Waals surface area contributed by atoms with Gasteiger partial charge in [-0.1, -0.05) is 0 Å². The highest BCUT2D eigenvalue weighted by atomic mass is 16.5. The summed E-state index contributed by atoms with van der Waals surface area (Å²) in [7, 11) is 0. The van der Waals surface area contributed by atoms with Gasteiger partial charge in [0.15, 0.2) is 6.04 Å². The topological polar surface area (TPSA) is 109 Å². The third-order valence-electron chi connectivity index (χ3n) is 5.11. The molecule has 1 N–H and O–H groups in total. The molecule has 2 saturated heterocycles. The lowest BCUT2D eigenvalue weighted by atomic mass is 9.92. The van der Waals surface area contributed by atoms with Crippen LogP contribution in [0.25, 0.3) is 0 Å². The summed E-state index contributed by atoms with van der Waals surface area (Å²) in [4.78, 5) is 53.2. The Kier molecular flexibility index (Phi) is 4.31. The highest BCUT2D eigenvalue weighted by Crippen LogP contribution is 2.29. The van der Waals surface area contributed by atoms with Crippen LogP contribution in [-0.2, 0) is 30.5 Å². The molecule has 142 valence electrons. The standard InChI is InChI=1S/C18H19N3O6/c1-10-2-5-27-13-8-20-7-12(17(24)19-6-11-3-4-26-9-11)15(22)16(23)14(20)18(25)21(10)13/h3-4,7,9-10,13-14H,2,5-6,8H2,1H3,(H,19,24)/t10-,13+,14?/m1/s1. The molecule has 4 heterocycles. The van der Waals surface area contributed by atoms with Gasteiger partial charge in [-0.15, -0.1) is 0 Å². The van der Waals surface area contributed by atoms with Crippen LogP contribution in [0.15, 0.2) is 34.8 Å². The molecular weight excluding hydrogens is 354 g/mol. The number of Topliss-reactive ketones (excluding diaryl/α,β-unsaturated/α-hetero) is 2. The van der Waals surface area contributed by atoms with Crippen molar-refractivity contribution >= 4 is 23.4 Å². The van der Waals surface area contributed by atoms with Gasteiger partial charge < -0.3 is 24.3 Å². The molecule has 1 aromatic rings. The largest absolute Gasteiger partial charge is 0.472 e. The highest BCUT2D eigenvalue weighted by Gasteiger charge is 2.51. The number of hydrogen-bond acceptors (Lipinski definition) is 7. The Morgan fingerprint density at radius 1 is 1.33 bits per heavy atom. The molecule has 2 fully saturated rings. The van der Waals surface area contributed by atoms with Gasteiger partial charge in [0.1, 0.15) is 11.8 Å². The quantitative estimate of drug-likeness (QED) is 0.435. The molecule has 0 aliphatic carbocycles. The second-order valence-electron chi connectivity index (χ2n) is 6.86. The number of carbonyl (C=O) groups excluding carboxylic acids is 4. The van der Waals surface area contributed by atoms with Gasteiger partial charge in [-0.05, 0) is 19.4 Å². The van der Waals surface area contributed by atoms with Crippen molar-refractivity contribution in [2.45, 2.75) is 38.2 Å². The van der Waals surface area contributed by atoms with E-state index in [1.54, 1.807) is 6.07 Å². The first-order chi connectivity index (χ1) is 13.0. The Morgan fingerprint density at radius 3 is 2.89 bits per heavy atom. The molecule has 3 atom stereocenters. The Morgan fingerprint density at radius 2 is 2.15 bits per heavy atom. The molecule has 0 aromatic carbocycles. The fraction of sp³-hybridized carbons (Fsp3) is 0.444. The number of nitrogens with zero attached hydrogens (tertiary/aromatic N) is 2. The smallest absolute Gasteiger partial charge is 0.257 e. The molecule has 4 rings (SSSR count). The highest BCUT2D eigenvalue weighted by molar-refractivity contribution is 6.53. The van der Waals surface area contributed by atoms with Crippen LogP contribution in [0.1, 0.15) is 18.9 Å². The molecule has 0 bridgehead atoms. The molecule has 0 saturated carbocycles. The number of amides is 2. The molecule has 1 unspecified atom stereocenters. The minimum absolute atomic E-state index is 0.0649. The Balaban J connectivity index is 1.56. The van der Waals surface area contributed by atoms with Crippen molar-refractivity contribution in [3.05, 3.63) is 35.9 Å². The molecule has 2 amide bonds. The van der Waals surface area contributed by atoms with Gasteiger partial charge in [-0.2, -0.15) is 0 Å². The van der Waals surface area contributed by atoms with E-state index in [-0.39, 0.29) is 24.7 Å². The summed E-state index contributed by atoms with van der Waals surface area (Å²) in [6, 6.07) is 0.395. The minimum atomic E-state index is -1.22. The number of rotatable bonds is 3. The molecular formula is C18H19N3O6. The summed E-state index contributed by atoms with van der Waals surface area (Å²) < 4.78 is 10.6. The number of fused-ring (bicyclic) bond motifs is 2. The summed E-state index contributed by atoms with van der Waals surface area (Å²) in [5.74, 6) is -2.95. The number of ether oxygens (including phenoxy) is 1. The number of carbonyl (C=O) groups is 4. The lowest BCUT2D eigenvalue weighted by molar-refractivity contribution is -0.185. The molecule has 9 nitrogen and oxygen atoms in total. The van der Waals surface area contributed by atoms with Crippen molar-refractivity contribution in [3.8, 4) is 0 Å². The van der Waals surface area contributed by atoms with Crippen LogP contribution in [0.5, 0.6) is 0 Å². The Bertz CT molecular complexity index is 830. The summed E-state index contributed by atoms with van der Waals surface area (Å²) >= 11 is 0. The Hall–Kier alpha value is -2.94. The fourth-order valence-electron chi connectivity index (χ4n) is 3.65. The summed E-state index contributed by atoms with van der Waals surface area (Å²) in [5, 5.41) is 2.58. The first-order valence-corrected chi connectivity index (χ1v) is 8.76. The molecule has 3 aliphatic rings. The van der Waals surface area contributed by atoms with E-state index in [4.69, 9.17) is 9.15 Å². The maximum atomic E-state index is 12.8. The summed E-state index contributed by atoms with van der Waals surface area (Å²) in [6.07, 6.45) is 4.42. The number of piperazine rings is 1. The molecule has 3 aliphatic heterocycles. The SMILES string of the molecule is C[C@@H]1CCO[C@H]2CN3C=C(C(=O)NCc4ccoc4)C(=O)C(=O)C3C(=O)N12. The van der Waals surface area contributed by atoms with Crippen molar-refractivity contribution in [2.75, 3.05) is 13.2 Å². The number of ketones is 2. The van der Waals surface area contributed by atoms with E-state index in [9.17, 15) is 19.2 Å². The molecule has 0 spiro atoms. The van der Waals surface area contributed by atoms with Gasteiger partial charge in [0.25, 0.3) is 11.8 Å². The normalized spacial score (nSPS) is 27.8. The molecule has 0 radical (unpaired) electrons. The first kappa shape index (κ1) is 17.5. The lowest BCUT2D eigenvalue weighted by Gasteiger charge is -2.49. The average Bonchev–Trinajstić information content (AvgIpc) is 3.16. The predicted octanol–water partition coefficient (Wildman–Crippen LogP) is -0.421. The van der Waals surface area contributed by atoms with Crippen molar-refractivity contribution < 1.29 is 28.3 Å². The zero-order valence-electron chi connectivity index (χ0n) is 14.7. The summed E-state index contributed by atoms with van der Waals surface area (Å²) in [5.41, 5.74) is 0.453. The van der Waals surface area contributed by atoms with Gasteiger partial charge in [0, 0.05) is 24.4 Å². The fourth-order valence-corrected chi connectivity index (χ4v) is 3.65. The van der Waals surface area contributed by atoms with Crippen LogP contribution in [0.3, 0.4) is 0 Å². The molecule has 27 heavy (non-hydrogen) atoms. The molecule has 9 heteroatoms. The van der Waals surface area contributed by atoms with Crippen LogP contribution in [0.4, 0.5) is 0 Å². The zero-order valence-corrected chi connectivity index (χ0v) is 14.7. The van der Waals surface area contributed by atoms with Crippen LogP contribution in [0, 0.1) is 0 Å². The van der Waals surface area contributed by atoms with Crippen LogP contribution in [-0.4, -0.2) is 64.6 Å². The van der Waals surface area contributed by atoms with E-state index < -0.39 is 35.7 Å². The van der Waals surface area contributed by atoms with E-state index in [1.807, 2.05) is 6.92 Å². The average molecular weight is 373 g/mol. The first-order valence-electron chi connectivity index (χ1n) is 8.76. The van der Waals surface area contributed by atoms with Crippen LogP contribution >= 0.6 is 0 Å². The third kappa shape index (κ3) is 2.93. The van der Waals surface area contributed by atoms with Crippen molar-refractivity contribution in [1.29, 1.82) is 0 Å². The van der Waals surface area contributed by atoms with Crippen molar-refractivity contribution in [1.82, 2.24) is 15.1 Å². The van der Waals surface area contributed by atoms with E-state index >= 15 is 0 Å². The van der Waals surface area contributed by atoms with Gasteiger partial charge in [0.2, 0.25) is 11.6 Å². The minimum Gasteiger partial charge on any atom is -0.472 e. The zero-order chi connectivity index (χ0) is 19.1. The van der Waals surface area contributed by atoms with E-state index in [2.05, 4.69) is 5.32 Å². The van der Waals surface area contributed by atoms with E-state index in [0.29, 0.717) is 13.0 Å². The second-order valence-corrected chi connectivity index (χ2v) is 6.86. The van der Waals surface area contributed by atoms with Crippen LogP contribution in [0.2, 0.25) is 0 Å². The van der Waals surface area contributed by atoms with Gasteiger partial charge in [0.05, 0.1) is 25.7 Å². The lowest BCUT2D eigenvalue weighted by Crippen LogP contribution is -2.69. The van der Waals surface area contributed by atoms with Gasteiger partial charge in [-0.3, -0.25) is 19.2 Å². The third-order valence-corrected chi connectivity index (χ3v) is 5.11. The number of nitrogens with one attached hydrogen (secondary N) is 1. The second kappa shape index (κ2) is 6.66. The monoisotopic (exact) mass is 373 g/mol. The Labute approximate surface area is 154 Å². The maximum Gasteiger partial charge on any atom is 0.257 e. The van der Waals surface area contributed by atoms with Gasteiger partial charge in [-0.25, -0.2) is 0 Å². The van der Waals surface area contributed by atoms with E-state index in [0.717, 1.165) is 5.56 Å². The summed E-state index contributed by atoms with van der Waals surface area (Å²) in [6.45, 7) is 2.80.